The second-order valence-corrected chi connectivity index (χ2v) is 4.32. The van der Waals surface area contributed by atoms with Crippen LogP contribution in [0, 0.1) is 11.3 Å². The Morgan fingerprint density at radius 3 is 2.11 bits per heavy atom. The summed E-state index contributed by atoms with van der Waals surface area (Å²) >= 11 is 1.90. The molecule has 0 bridgehead atoms. The van der Waals surface area contributed by atoms with Crippen molar-refractivity contribution in [2.75, 3.05) is 12.0 Å². The molecule has 0 heterocycles. The van der Waals surface area contributed by atoms with E-state index in [1.807, 2.05) is 11.8 Å². The SMILES string of the molecule is CSC[C@H]1[C@H](N)C1(C)C. The van der Waals surface area contributed by atoms with E-state index in [4.69, 9.17) is 5.73 Å². The van der Waals surface area contributed by atoms with Gasteiger partial charge in [-0.1, -0.05) is 13.8 Å². The van der Waals surface area contributed by atoms with Gasteiger partial charge in [0, 0.05) is 6.04 Å². The molecule has 1 saturated carbocycles. The molecule has 2 N–H and O–H groups in total. The van der Waals surface area contributed by atoms with Gasteiger partial charge in [0.15, 0.2) is 0 Å². The van der Waals surface area contributed by atoms with Crippen molar-refractivity contribution < 1.29 is 0 Å². The molecular weight excluding hydrogens is 130 g/mol. The van der Waals surface area contributed by atoms with E-state index in [-0.39, 0.29) is 0 Å². The maximum Gasteiger partial charge on any atom is 0.0136 e. The van der Waals surface area contributed by atoms with E-state index in [9.17, 15) is 0 Å². The number of thioether (sulfide) groups is 1. The molecule has 1 fully saturated rings. The Morgan fingerprint density at radius 2 is 2.00 bits per heavy atom. The van der Waals surface area contributed by atoms with Crippen LogP contribution in [0.1, 0.15) is 13.8 Å². The van der Waals surface area contributed by atoms with E-state index >= 15 is 0 Å². The van der Waals surface area contributed by atoms with Crippen molar-refractivity contribution in [3.8, 4) is 0 Å². The summed E-state index contributed by atoms with van der Waals surface area (Å²) in [5, 5.41) is 0. The number of hydrogen-bond donors (Lipinski definition) is 1. The molecule has 0 unspecified atom stereocenters. The van der Waals surface area contributed by atoms with Gasteiger partial charge in [-0.2, -0.15) is 11.8 Å². The van der Waals surface area contributed by atoms with Crippen LogP contribution in [0.2, 0.25) is 0 Å². The fourth-order valence-corrected chi connectivity index (χ4v) is 2.28. The fourth-order valence-electron chi connectivity index (χ4n) is 1.28. The monoisotopic (exact) mass is 145 g/mol. The second-order valence-electron chi connectivity index (χ2n) is 3.41. The third kappa shape index (κ3) is 1.10. The Hall–Kier alpha value is 0.310. The molecule has 0 radical (unpaired) electrons. The zero-order valence-electron chi connectivity index (χ0n) is 6.35. The number of nitrogens with two attached hydrogens (primary N) is 1. The van der Waals surface area contributed by atoms with Crippen molar-refractivity contribution in [2.24, 2.45) is 17.1 Å². The molecular formula is C7H15NS. The largest absolute Gasteiger partial charge is 0.327 e. The molecule has 54 valence electrons. The Kier molecular flexibility index (Phi) is 1.79. The van der Waals surface area contributed by atoms with Crippen LogP contribution in [-0.2, 0) is 0 Å². The van der Waals surface area contributed by atoms with Crippen molar-refractivity contribution in [3.63, 3.8) is 0 Å². The first-order chi connectivity index (χ1) is 4.10. The summed E-state index contributed by atoms with van der Waals surface area (Å²) in [4.78, 5) is 0. The molecule has 0 aromatic carbocycles. The molecule has 0 saturated heterocycles. The number of hydrogen-bond acceptors (Lipinski definition) is 2. The molecule has 0 amide bonds. The first-order valence-corrected chi connectivity index (χ1v) is 4.74. The van der Waals surface area contributed by atoms with Gasteiger partial charge >= 0.3 is 0 Å². The predicted molar refractivity (Wildman–Crippen MR) is 43.6 cm³/mol. The lowest BCUT2D eigenvalue weighted by Gasteiger charge is -1.97. The highest BCUT2D eigenvalue weighted by Crippen LogP contribution is 2.51. The Bertz CT molecular complexity index is 111. The summed E-state index contributed by atoms with van der Waals surface area (Å²) in [5.74, 6) is 2.00. The van der Waals surface area contributed by atoms with E-state index in [0.29, 0.717) is 11.5 Å². The van der Waals surface area contributed by atoms with Crippen LogP contribution in [0.3, 0.4) is 0 Å². The van der Waals surface area contributed by atoms with E-state index in [1.165, 1.54) is 5.75 Å². The molecule has 0 aromatic rings. The minimum Gasteiger partial charge on any atom is -0.327 e. The minimum atomic E-state index is 0.434. The van der Waals surface area contributed by atoms with E-state index < -0.39 is 0 Å². The molecule has 9 heavy (non-hydrogen) atoms. The molecule has 1 aliphatic carbocycles. The molecule has 0 spiro atoms. The zero-order chi connectivity index (χ0) is 7.07. The maximum atomic E-state index is 5.82. The van der Waals surface area contributed by atoms with E-state index in [1.54, 1.807) is 0 Å². The van der Waals surface area contributed by atoms with Gasteiger partial charge in [-0.05, 0) is 23.3 Å². The van der Waals surface area contributed by atoms with Crippen molar-refractivity contribution >= 4 is 11.8 Å². The molecule has 1 aliphatic rings. The summed E-state index contributed by atoms with van der Waals surface area (Å²) in [7, 11) is 0. The van der Waals surface area contributed by atoms with Crippen LogP contribution in [0.5, 0.6) is 0 Å². The van der Waals surface area contributed by atoms with Gasteiger partial charge in [0.25, 0.3) is 0 Å². The summed E-state index contributed by atoms with van der Waals surface area (Å²) in [6, 6.07) is 0.463. The normalized spacial score (nSPS) is 38.7. The first kappa shape index (κ1) is 7.42. The molecule has 0 aromatic heterocycles. The highest BCUT2D eigenvalue weighted by molar-refractivity contribution is 7.98. The van der Waals surface area contributed by atoms with Crippen LogP contribution in [0.25, 0.3) is 0 Å². The summed E-state index contributed by atoms with van der Waals surface area (Å²) in [6.07, 6.45) is 2.14. The molecule has 1 nitrogen and oxygen atoms in total. The van der Waals surface area contributed by atoms with Crippen LogP contribution >= 0.6 is 11.8 Å². The van der Waals surface area contributed by atoms with Gasteiger partial charge in [-0.3, -0.25) is 0 Å². The second kappa shape index (κ2) is 2.17. The Morgan fingerprint density at radius 1 is 1.56 bits per heavy atom. The highest BCUT2D eigenvalue weighted by atomic mass is 32.2. The Balaban J connectivity index is 2.33. The fraction of sp³-hybridized carbons (Fsp3) is 1.00. The van der Waals surface area contributed by atoms with Crippen molar-refractivity contribution in [2.45, 2.75) is 19.9 Å². The third-order valence-electron chi connectivity index (χ3n) is 2.49. The maximum absolute atomic E-state index is 5.82. The zero-order valence-corrected chi connectivity index (χ0v) is 7.16. The van der Waals surface area contributed by atoms with Gasteiger partial charge in [0.1, 0.15) is 0 Å². The van der Waals surface area contributed by atoms with Gasteiger partial charge in [0.05, 0.1) is 0 Å². The average molecular weight is 145 g/mol. The topological polar surface area (TPSA) is 26.0 Å². The van der Waals surface area contributed by atoms with Crippen LogP contribution in [0.4, 0.5) is 0 Å². The summed E-state index contributed by atoms with van der Waals surface area (Å²) < 4.78 is 0. The van der Waals surface area contributed by atoms with E-state index in [0.717, 1.165) is 5.92 Å². The lowest BCUT2D eigenvalue weighted by Crippen LogP contribution is -2.06. The lowest BCUT2D eigenvalue weighted by molar-refractivity contribution is 0.577. The van der Waals surface area contributed by atoms with Gasteiger partial charge < -0.3 is 5.73 Å². The average Bonchev–Trinajstić information content (AvgIpc) is 2.19. The summed E-state index contributed by atoms with van der Waals surface area (Å²) in [5.41, 5.74) is 6.25. The lowest BCUT2D eigenvalue weighted by atomic mass is 10.1. The van der Waals surface area contributed by atoms with Crippen LogP contribution in [-0.4, -0.2) is 18.1 Å². The van der Waals surface area contributed by atoms with Gasteiger partial charge in [-0.25, -0.2) is 0 Å². The molecule has 1 rings (SSSR count). The van der Waals surface area contributed by atoms with Gasteiger partial charge in [0.2, 0.25) is 0 Å². The van der Waals surface area contributed by atoms with E-state index in [2.05, 4.69) is 20.1 Å². The summed E-state index contributed by atoms with van der Waals surface area (Å²) in [6.45, 7) is 4.50. The molecule has 2 atom stereocenters. The highest BCUT2D eigenvalue weighted by Gasteiger charge is 2.54. The molecule has 2 heteroatoms. The number of rotatable bonds is 2. The Labute approximate surface area is 61.4 Å². The third-order valence-corrected chi connectivity index (χ3v) is 3.18. The first-order valence-electron chi connectivity index (χ1n) is 3.35. The minimum absolute atomic E-state index is 0.434. The quantitative estimate of drug-likeness (QED) is 0.634. The standard InChI is InChI=1S/C7H15NS/c1-7(2)5(4-9-3)6(7)8/h5-6H,4,8H2,1-3H3/t5-,6-/m0/s1. The smallest absolute Gasteiger partial charge is 0.0136 e. The van der Waals surface area contributed by atoms with Crippen molar-refractivity contribution in [1.82, 2.24) is 0 Å². The van der Waals surface area contributed by atoms with Crippen molar-refractivity contribution in [3.05, 3.63) is 0 Å². The van der Waals surface area contributed by atoms with Crippen LogP contribution < -0.4 is 5.73 Å². The molecule has 0 aliphatic heterocycles. The predicted octanol–water partition coefficient (Wildman–Crippen LogP) is 1.33. The van der Waals surface area contributed by atoms with Crippen molar-refractivity contribution in [1.29, 1.82) is 0 Å². The van der Waals surface area contributed by atoms with Gasteiger partial charge in [-0.15, -0.1) is 0 Å². The van der Waals surface area contributed by atoms with Crippen LogP contribution in [0.15, 0.2) is 0 Å².